The molecule has 0 amide bonds. The van der Waals surface area contributed by atoms with E-state index in [-0.39, 0.29) is 0 Å². The summed E-state index contributed by atoms with van der Waals surface area (Å²) in [5.41, 5.74) is 11.9. The van der Waals surface area contributed by atoms with E-state index >= 15 is 0 Å². The normalized spacial score (nSPS) is 11.0. The van der Waals surface area contributed by atoms with Crippen LogP contribution in [-0.2, 0) is 0 Å². The maximum absolute atomic E-state index is 5.25. The van der Waals surface area contributed by atoms with Crippen molar-refractivity contribution in [1.82, 2.24) is 9.97 Å². The molecule has 0 aliphatic carbocycles. The van der Waals surface area contributed by atoms with Crippen LogP contribution in [0.3, 0.4) is 0 Å². The molecule has 250 valence electrons. The summed E-state index contributed by atoms with van der Waals surface area (Å²) in [6, 6.07) is 61.2. The van der Waals surface area contributed by atoms with Crippen molar-refractivity contribution in [2.75, 3.05) is 9.80 Å². The van der Waals surface area contributed by atoms with Crippen LogP contribution < -0.4 is 9.80 Å². The molecule has 0 fully saturated rings. The summed E-state index contributed by atoms with van der Waals surface area (Å²) in [6.45, 7) is 8.39. The molecule has 0 atom stereocenters. The Bertz CT molecular complexity index is 2490. The lowest BCUT2D eigenvalue weighted by molar-refractivity contribution is 0.940. The molecule has 0 N–H and O–H groups in total. The molecule has 0 unspecified atom stereocenters. The molecule has 0 radical (unpaired) electrons. The molecular formula is C48H38N4. The number of para-hydroxylation sites is 4. The first-order chi connectivity index (χ1) is 25.7. The van der Waals surface area contributed by atoms with Crippen molar-refractivity contribution < 1.29 is 0 Å². The second-order valence-corrected chi connectivity index (χ2v) is 12.7. The highest BCUT2D eigenvalue weighted by atomic mass is 15.2. The molecule has 1 heterocycles. The molecule has 0 saturated heterocycles. The Kier molecular flexibility index (Phi) is 9.10. The number of hydrogen-bond donors (Lipinski definition) is 0. The van der Waals surface area contributed by atoms with E-state index in [1.807, 2.05) is 42.5 Å². The standard InChI is InChI=1S/C48H38N4/c1-3-4-18-35(2)51(37-21-10-6-11-22-37)39-31-33-40(34-32-39)52(38-23-12-7-13-24-38)46-30-17-25-41-42(46)26-16-27-43(41)48-47(36-19-8-5-9-20-36)49-44-28-14-15-29-45(44)50-48/h3,5-17,19-34H,1-2,4,18H2. The molecule has 7 aromatic carbocycles. The Hall–Kier alpha value is -6.78. The Labute approximate surface area is 305 Å². The first-order valence-electron chi connectivity index (χ1n) is 17.6. The molecule has 8 aromatic rings. The third-order valence-corrected chi connectivity index (χ3v) is 9.36. The minimum atomic E-state index is 0.822. The minimum Gasteiger partial charge on any atom is -0.315 e. The third-order valence-electron chi connectivity index (χ3n) is 9.36. The van der Waals surface area contributed by atoms with Crippen LogP contribution in [0.15, 0.2) is 201 Å². The van der Waals surface area contributed by atoms with Crippen molar-refractivity contribution in [1.29, 1.82) is 0 Å². The van der Waals surface area contributed by atoms with E-state index in [9.17, 15) is 0 Å². The molecule has 4 heteroatoms. The van der Waals surface area contributed by atoms with Gasteiger partial charge < -0.3 is 9.80 Å². The predicted molar refractivity (Wildman–Crippen MR) is 220 cm³/mol. The van der Waals surface area contributed by atoms with Gasteiger partial charge in [-0.15, -0.1) is 6.58 Å². The van der Waals surface area contributed by atoms with Crippen LogP contribution in [0.1, 0.15) is 12.8 Å². The first kappa shape index (κ1) is 32.4. The number of hydrogen-bond acceptors (Lipinski definition) is 4. The van der Waals surface area contributed by atoms with Crippen molar-refractivity contribution >= 4 is 50.2 Å². The van der Waals surface area contributed by atoms with Crippen molar-refractivity contribution in [2.45, 2.75) is 12.8 Å². The number of benzene rings is 7. The average Bonchev–Trinajstić information content (AvgIpc) is 3.21. The summed E-state index contributed by atoms with van der Waals surface area (Å²) < 4.78 is 0. The third kappa shape index (κ3) is 6.34. The summed E-state index contributed by atoms with van der Waals surface area (Å²) in [5.74, 6) is 0. The van der Waals surface area contributed by atoms with Crippen molar-refractivity contribution in [3.63, 3.8) is 0 Å². The largest absolute Gasteiger partial charge is 0.315 e. The number of allylic oxidation sites excluding steroid dienone is 2. The SMILES string of the molecule is C=CCCC(=C)N(c1ccccc1)c1ccc(N(c2ccccc2)c2cccc3c(-c4nc5ccccc5nc4-c4ccccc4)cccc23)cc1. The number of rotatable bonds is 11. The summed E-state index contributed by atoms with van der Waals surface area (Å²) in [6.07, 6.45) is 3.63. The lowest BCUT2D eigenvalue weighted by Crippen LogP contribution is -2.16. The highest BCUT2D eigenvalue weighted by Crippen LogP contribution is 2.43. The highest BCUT2D eigenvalue weighted by Gasteiger charge is 2.20. The molecular weight excluding hydrogens is 633 g/mol. The lowest BCUT2D eigenvalue weighted by Gasteiger charge is -2.30. The molecule has 0 aliphatic rings. The van der Waals surface area contributed by atoms with E-state index < -0.39 is 0 Å². The van der Waals surface area contributed by atoms with E-state index in [1.165, 1.54) is 0 Å². The van der Waals surface area contributed by atoms with Crippen molar-refractivity contribution in [3.8, 4) is 22.5 Å². The Morgan fingerprint density at radius 3 is 1.69 bits per heavy atom. The second-order valence-electron chi connectivity index (χ2n) is 12.7. The fourth-order valence-electron chi connectivity index (χ4n) is 6.91. The summed E-state index contributed by atoms with van der Waals surface area (Å²) in [5, 5.41) is 2.22. The van der Waals surface area contributed by atoms with Gasteiger partial charge in [-0.05, 0) is 85.0 Å². The first-order valence-corrected chi connectivity index (χ1v) is 17.6. The smallest absolute Gasteiger partial charge is 0.0979 e. The van der Waals surface area contributed by atoms with E-state index in [2.05, 4.69) is 162 Å². The lowest BCUT2D eigenvalue weighted by atomic mass is 9.96. The monoisotopic (exact) mass is 670 g/mol. The Morgan fingerprint density at radius 2 is 1.02 bits per heavy atom. The predicted octanol–water partition coefficient (Wildman–Crippen LogP) is 13.2. The van der Waals surface area contributed by atoms with Gasteiger partial charge in [0.25, 0.3) is 0 Å². The number of nitrogens with zero attached hydrogens (tertiary/aromatic N) is 4. The molecule has 0 bridgehead atoms. The quantitative estimate of drug-likeness (QED) is 0.128. The molecule has 0 saturated carbocycles. The van der Waals surface area contributed by atoms with E-state index in [0.717, 1.165) is 91.3 Å². The van der Waals surface area contributed by atoms with Crippen molar-refractivity contribution in [3.05, 3.63) is 201 Å². The van der Waals surface area contributed by atoms with Gasteiger partial charge in [0.2, 0.25) is 0 Å². The number of anilines is 5. The Balaban J connectivity index is 1.27. The maximum atomic E-state index is 5.25. The zero-order valence-electron chi connectivity index (χ0n) is 28.9. The van der Waals surface area contributed by atoms with Gasteiger partial charge in [0, 0.05) is 45.0 Å². The van der Waals surface area contributed by atoms with Gasteiger partial charge in [0.1, 0.15) is 0 Å². The van der Waals surface area contributed by atoms with Crippen LogP contribution >= 0.6 is 0 Å². The molecule has 1 aromatic heterocycles. The van der Waals surface area contributed by atoms with E-state index in [0.29, 0.717) is 0 Å². The van der Waals surface area contributed by atoms with Crippen LogP contribution in [0, 0.1) is 0 Å². The van der Waals surface area contributed by atoms with Crippen LogP contribution in [-0.4, -0.2) is 9.97 Å². The zero-order valence-corrected chi connectivity index (χ0v) is 28.9. The molecule has 0 spiro atoms. The van der Waals surface area contributed by atoms with Gasteiger partial charge in [-0.1, -0.05) is 122 Å². The van der Waals surface area contributed by atoms with Crippen LogP contribution in [0.25, 0.3) is 44.3 Å². The van der Waals surface area contributed by atoms with Gasteiger partial charge in [0.05, 0.1) is 28.1 Å². The van der Waals surface area contributed by atoms with Gasteiger partial charge in [-0.25, -0.2) is 9.97 Å². The summed E-state index contributed by atoms with van der Waals surface area (Å²) in [4.78, 5) is 15.0. The maximum Gasteiger partial charge on any atom is 0.0979 e. The Morgan fingerprint density at radius 1 is 0.500 bits per heavy atom. The van der Waals surface area contributed by atoms with Gasteiger partial charge in [-0.3, -0.25) is 0 Å². The van der Waals surface area contributed by atoms with Crippen molar-refractivity contribution in [2.24, 2.45) is 0 Å². The van der Waals surface area contributed by atoms with Crippen LogP contribution in [0.5, 0.6) is 0 Å². The van der Waals surface area contributed by atoms with Crippen LogP contribution in [0.2, 0.25) is 0 Å². The van der Waals surface area contributed by atoms with Gasteiger partial charge in [-0.2, -0.15) is 0 Å². The van der Waals surface area contributed by atoms with Crippen LogP contribution in [0.4, 0.5) is 28.4 Å². The fraction of sp³-hybridized carbons (Fsp3) is 0.0417. The second kappa shape index (κ2) is 14.6. The summed E-state index contributed by atoms with van der Waals surface area (Å²) in [7, 11) is 0. The van der Waals surface area contributed by atoms with Gasteiger partial charge >= 0.3 is 0 Å². The topological polar surface area (TPSA) is 32.3 Å². The minimum absolute atomic E-state index is 0.822. The fourth-order valence-corrected chi connectivity index (χ4v) is 6.91. The molecule has 8 rings (SSSR count). The number of fused-ring (bicyclic) bond motifs is 2. The molecule has 4 nitrogen and oxygen atoms in total. The average molecular weight is 671 g/mol. The van der Waals surface area contributed by atoms with E-state index in [1.54, 1.807) is 0 Å². The molecule has 0 aliphatic heterocycles. The highest BCUT2D eigenvalue weighted by molar-refractivity contribution is 6.07. The van der Waals surface area contributed by atoms with E-state index in [4.69, 9.17) is 9.97 Å². The molecule has 52 heavy (non-hydrogen) atoms. The van der Waals surface area contributed by atoms with Gasteiger partial charge in [0.15, 0.2) is 0 Å². The number of aromatic nitrogens is 2. The zero-order chi connectivity index (χ0) is 35.3. The summed E-state index contributed by atoms with van der Waals surface area (Å²) >= 11 is 0.